The number of unbranched alkanes of at least 4 members (excludes halogenated alkanes) is 1. The molecule has 0 saturated heterocycles. The molecular formula is C11H24O3S. The van der Waals surface area contributed by atoms with Crippen LogP contribution in [0.2, 0.25) is 0 Å². The Kier molecular flexibility index (Phi) is 10.9. The maximum Gasteiger partial charge on any atom is 0.0745 e. The second-order valence-corrected chi connectivity index (χ2v) is 5.11. The minimum absolute atomic E-state index is 0.163. The molecule has 0 spiro atoms. The van der Waals surface area contributed by atoms with Crippen molar-refractivity contribution in [1.29, 1.82) is 0 Å². The second-order valence-electron chi connectivity index (χ2n) is 3.88. The van der Waals surface area contributed by atoms with E-state index in [0.717, 1.165) is 30.8 Å². The molecule has 0 radical (unpaired) electrons. The van der Waals surface area contributed by atoms with Gasteiger partial charge in [0.25, 0.3) is 0 Å². The number of ether oxygens (including phenoxy) is 1. The van der Waals surface area contributed by atoms with E-state index in [4.69, 9.17) is 14.9 Å². The van der Waals surface area contributed by atoms with Crippen molar-refractivity contribution >= 4 is 11.8 Å². The van der Waals surface area contributed by atoms with Crippen molar-refractivity contribution in [2.24, 2.45) is 0 Å². The number of rotatable bonds is 10. The van der Waals surface area contributed by atoms with Crippen molar-refractivity contribution in [1.82, 2.24) is 0 Å². The fourth-order valence-electron chi connectivity index (χ4n) is 1.12. The van der Waals surface area contributed by atoms with Gasteiger partial charge >= 0.3 is 0 Å². The first-order chi connectivity index (χ1) is 7.13. The van der Waals surface area contributed by atoms with E-state index in [1.165, 1.54) is 0 Å². The third kappa shape index (κ3) is 14.2. The summed E-state index contributed by atoms with van der Waals surface area (Å²) < 4.78 is 5.23. The van der Waals surface area contributed by atoms with E-state index >= 15 is 0 Å². The van der Waals surface area contributed by atoms with E-state index in [1.807, 2.05) is 18.7 Å². The van der Waals surface area contributed by atoms with Crippen LogP contribution in [0.1, 0.15) is 33.1 Å². The van der Waals surface area contributed by atoms with Gasteiger partial charge in [-0.1, -0.05) is 6.42 Å². The maximum atomic E-state index is 9.03. The zero-order chi connectivity index (χ0) is 11.5. The number of aliphatic hydroxyl groups is 2. The Morgan fingerprint density at radius 3 is 2.40 bits per heavy atom. The Labute approximate surface area is 97.2 Å². The molecule has 0 aliphatic rings. The molecule has 0 amide bonds. The summed E-state index contributed by atoms with van der Waals surface area (Å²) in [6.45, 7) is 4.70. The fourth-order valence-corrected chi connectivity index (χ4v) is 1.97. The first kappa shape index (κ1) is 15.2. The van der Waals surface area contributed by atoms with Gasteiger partial charge < -0.3 is 14.9 Å². The normalized spacial score (nSPS) is 15.2. The highest BCUT2D eigenvalue weighted by Gasteiger charge is 1.97. The first-order valence-electron chi connectivity index (χ1n) is 5.64. The highest BCUT2D eigenvalue weighted by Crippen LogP contribution is 2.07. The number of thioether (sulfide) groups is 1. The Morgan fingerprint density at radius 1 is 1.07 bits per heavy atom. The van der Waals surface area contributed by atoms with Gasteiger partial charge in [-0.2, -0.15) is 11.8 Å². The molecule has 0 bridgehead atoms. The van der Waals surface area contributed by atoms with E-state index in [0.29, 0.717) is 13.2 Å². The van der Waals surface area contributed by atoms with Crippen molar-refractivity contribution in [2.75, 3.05) is 24.7 Å². The Hall–Kier alpha value is 0.230. The van der Waals surface area contributed by atoms with Crippen molar-refractivity contribution in [3.8, 4) is 0 Å². The van der Waals surface area contributed by atoms with Crippen molar-refractivity contribution in [2.45, 2.75) is 45.3 Å². The van der Waals surface area contributed by atoms with Gasteiger partial charge in [0.1, 0.15) is 0 Å². The molecular weight excluding hydrogens is 212 g/mol. The van der Waals surface area contributed by atoms with Crippen molar-refractivity contribution in [3.63, 3.8) is 0 Å². The quantitative estimate of drug-likeness (QED) is 0.567. The van der Waals surface area contributed by atoms with E-state index in [9.17, 15) is 0 Å². The molecule has 0 aliphatic heterocycles. The van der Waals surface area contributed by atoms with Crippen LogP contribution >= 0.6 is 11.8 Å². The third-order valence-corrected chi connectivity index (χ3v) is 2.92. The van der Waals surface area contributed by atoms with Crippen LogP contribution in [-0.2, 0) is 4.74 Å². The summed E-state index contributed by atoms with van der Waals surface area (Å²) in [7, 11) is 0. The van der Waals surface area contributed by atoms with Gasteiger partial charge in [0.15, 0.2) is 0 Å². The van der Waals surface area contributed by atoms with Crippen LogP contribution in [0.4, 0.5) is 0 Å². The van der Waals surface area contributed by atoms with Crippen LogP contribution in [-0.4, -0.2) is 47.1 Å². The van der Waals surface area contributed by atoms with Gasteiger partial charge in [-0.15, -0.1) is 0 Å². The van der Waals surface area contributed by atoms with Gasteiger partial charge in [-0.3, -0.25) is 0 Å². The summed E-state index contributed by atoms with van der Waals surface area (Å²) in [5.41, 5.74) is 0. The predicted molar refractivity (Wildman–Crippen MR) is 65.4 cm³/mol. The van der Waals surface area contributed by atoms with Crippen LogP contribution in [0.25, 0.3) is 0 Å². The molecule has 0 aromatic carbocycles. The van der Waals surface area contributed by atoms with E-state index in [1.54, 1.807) is 6.92 Å². The van der Waals surface area contributed by atoms with Gasteiger partial charge in [0.05, 0.1) is 25.4 Å². The molecule has 2 N–H and O–H groups in total. The number of hydrogen-bond acceptors (Lipinski definition) is 4. The molecule has 0 heterocycles. The topological polar surface area (TPSA) is 49.7 Å². The lowest BCUT2D eigenvalue weighted by Crippen LogP contribution is -2.11. The van der Waals surface area contributed by atoms with Gasteiger partial charge in [-0.05, 0) is 32.4 Å². The molecule has 4 heteroatoms. The highest BCUT2D eigenvalue weighted by atomic mass is 32.2. The Morgan fingerprint density at radius 2 is 1.80 bits per heavy atom. The summed E-state index contributed by atoms with van der Waals surface area (Å²) in [6, 6.07) is 0. The van der Waals surface area contributed by atoms with Crippen LogP contribution in [0.3, 0.4) is 0 Å². The lowest BCUT2D eigenvalue weighted by molar-refractivity contribution is 0.0539. The monoisotopic (exact) mass is 236 g/mol. The minimum atomic E-state index is -0.360. The van der Waals surface area contributed by atoms with Gasteiger partial charge in [-0.25, -0.2) is 0 Å². The summed E-state index contributed by atoms with van der Waals surface area (Å²) in [4.78, 5) is 0. The van der Waals surface area contributed by atoms with E-state index in [2.05, 4.69) is 0 Å². The SMILES string of the molecule is CC(O)CCCCSCCOCC(C)O. The first-order valence-corrected chi connectivity index (χ1v) is 6.80. The molecule has 0 aromatic heterocycles. The molecule has 0 aromatic rings. The van der Waals surface area contributed by atoms with Gasteiger partial charge in [0, 0.05) is 5.75 Å². The smallest absolute Gasteiger partial charge is 0.0745 e. The molecule has 0 rings (SSSR count). The van der Waals surface area contributed by atoms with Crippen LogP contribution in [0.5, 0.6) is 0 Å². The summed E-state index contributed by atoms with van der Waals surface area (Å²) in [5.74, 6) is 2.12. The number of aliphatic hydroxyl groups excluding tert-OH is 2. The second kappa shape index (κ2) is 10.7. The molecule has 15 heavy (non-hydrogen) atoms. The zero-order valence-corrected chi connectivity index (χ0v) is 10.6. The Balaban J connectivity index is 2.93. The average molecular weight is 236 g/mol. The summed E-state index contributed by atoms with van der Waals surface area (Å²) in [6.07, 6.45) is 2.63. The predicted octanol–water partition coefficient (Wildman–Crippen LogP) is 1.67. The lowest BCUT2D eigenvalue weighted by atomic mass is 10.2. The summed E-state index contributed by atoms with van der Waals surface area (Å²) in [5, 5.41) is 17.9. The standard InChI is InChI=1S/C11H24O3S/c1-10(12)5-3-4-7-15-8-6-14-9-11(2)13/h10-13H,3-9H2,1-2H3. The average Bonchev–Trinajstić information content (AvgIpc) is 2.14. The zero-order valence-electron chi connectivity index (χ0n) is 9.82. The maximum absolute atomic E-state index is 9.03. The van der Waals surface area contributed by atoms with Crippen LogP contribution in [0.15, 0.2) is 0 Å². The van der Waals surface area contributed by atoms with E-state index < -0.39 is 0 Å². The lowest BCUT2D eigenvalue weighted by Gasteiger charge is -2.06. The van der Waals surface area contributed by atoms with Crippen molar-refractivity contribution < 1.29 is 14.9 Å². The van der Waals surface area contributed by atoms with Crippen LogP contribution < -0.4 is 0 Å². The third-order valence-electron chi connectivity index (χ3n) is 1.89. The minimum Gasteiger partial charge on any atom is -0.393 e. The molecule has 0 saturated carbocycles. The number of hydrogen-bond donors (Lipinski definition) is 2. The molecule has 2 unspecified atom stereocenters. The van der Waals surface area contributed by atoms with Crippen molar-refractivity contribution in [3.05, 3.63) is 0 Å². The summed E-state index contributed by atoms with van der Waals surface area (Å²) >= 11 is 1.87. The largest absolute Gasteiger partial charge is 0.393 e. The molecule has 0 aliphatic carbocycles. The highest BCUT2D eigenvalue weighted by molar-refractivity contribution is 7.99. The molecule has 0 fully saturated rings. The molecule has 2 atom stereocenters. The molecule has 3 nitrogen and oxygen atoms in total. The van der Waals surface area contributed by atoms with Crippen LogP contribution in [0, 0.1) is 0 Å². The molecule has 92 valence electrons. The van der Waals surface area contributed by atoms with Gasteiger partial charge in [0.2, 0.25) is 0 Å². The Bertz CT molecular complexity index is 115. The fraction of sp³-hybridized carbons (Fsp3) is 1.00. The van der Waals surface area contributed by atoms with E-state index in [-0.39, 0.29) is 12.2 Å².